The van der Waals surface area contributed by atoms with Gasteiger partial charge in [0, 0.05) is 43.6 Å². The molecule has 2 aromatic rings. The third-order valence-corrected chi connectivity index (χ3v) is 6.20. The summed E-state index contributed by atoms with van der Waals surface area (Å²) >= 11 is 0. The first kappa shape index (κ1) is 19.1. The number of amides is 1. The Balaban J connectivity index is 1.43. The smallest absolute Gasteiger partial charge is 0.253 e. The highest BCUT2D eigenvalue weighted by Crippen LogP contribution is 2.33. The van der Waals surface area contributed by atoms with Crippen LogP contribution in [0.5, 0.6) is 0 Å². The number of rotatable bonds is 3. The summed E-state index contributed by atoms with van der Waals surface area (Å²) in [4.78, 5) is 16.6. The number of ether oxygens (including phenoxy) is 1. The van der Waals surface area contributed by atoms with Crippen molar-refractivity contribution >= 4 is 11.6 Å². The molecule has 150 valence electrons. The van der Waals surface area contributed by atoms with Crippen LogP contribution >= 0.6 is 0 Å². The first-order chi connectivity index (χ1) is 13.4. The molecule has 1 aromatic carbocycles. The van der Waals surface area contributed by atoms with Crippen molar-refractivity contribution in [1.82, 2.24) is 14.7 Å². The van der Waals surface area contributed by atoms with Crippen LogP contribution in [0.3, 0.4) is 0 Å². The number of benzene rings is 1. The molecule has 2 aliphatic heterocycles. The number of likely N-dealkylation sites (tertiary alicyclic amines) is 1. The zero-order chi connectivity index (χ0) is 19.9. The highest BCUT2D eigenvalue weighted by molar-refractivity contribution is 5.95. The van der Waals surface area contributed by atoms with Crippen LogP contribution in [0.15, 0.2) is 24.3 Å². The largest absolute Gasteiger partial charge is 0.363 e. The number of halogens is 1. The predicted octanol–water partition coefficient (Wildman–Crippen LogP) is 2.57. The van der Waals surface area contributed by atoms with Gasteiger partial charge in [0.2, 0.25) is 0 Å². The van der Waals surface area contributed by atoms with E-state index >= 15 is 0 Å². The third kappa shape index (κ3) is 3.56. The molecule has 2 saturated heterocycles. The molecule has 2 aliphatic rings. The van der Waals surface area contributed by atoms with E-state index in [1.807, 2.05) is 11.7 Å². The van der Waals surface area contributed by atoms with Gasteiger partial charge in [0.05, 0.1) is 17.8 Å². The Bertz CT molecular complexity index is 869. The minimum atomic E-state index is -0.322. The second-order valence-electron chi connectivity index (χ2n) is 7.98. The average Bonchev–Trinajstić information content (AvgIpc) is 2.92. The van der Waals surface area contributed by atoms with Gasteiger partial charge in [-0.2, -0.15) is 5.10 Å². The van der Waals surface area contributed by atoms with E-state index < -0.39 is 0 Å². The number of morpholine rings is 1. The van der Waals surface area contributed by atoms with E-state index in [0.717, 1.165) is 43.9 Å². The number of aryl methyl sites for hydroxylation is 2. The molecule has 0 N–H and O–H groups in total. The molecule has 0 unspecified atom stereocenters. The lowest BCUT2D eigenvalue weighted by Crippen LogP contribution is -2.58. The van der Waals surface area contributed by atoms with E-state index in [-0.39, 0.29) is 23.9 Å². The summed E-state index contributed by atoms with van der Waals surface area (Å²) in [5.74, 6) is -0.366. The topological polar surface area (TPSA) is 50.6 Å². The Morgan fingerprint density at radius 2 is 1.86 bits per heavy atom. The first-order valence-electron chi connectivity index (χ1n) is 9.78. The van der Waals surface area contributed by atoms with Gasteiger partial charge >= 0.3 is 0 Å². The number of aromatic nitrogens is 2. The zero-order valence-electron chi connectivity index (χ0n) is 16.7. The fourth-order valence-electron chi connectivity index (χ4n) is 4.26. The van der Waals surface area contributed by atoms with Crippen molar-refractivity contribution in [3.05, 3.63) is 47.0 Å². The van der Waals surface area contributed by atoms with Gasteiger partial charge in [0.15, 0.2) is 0 Å². The highest BCUT2D eigenvalue weighted by atomic mass is 19.1. The van der Waals surface area contributed by atoms with Crippen molar-refractivity contribution in [3.63, 3.8) is 0 Å². The molecule has 6 nitrogen and oxygen atoms in total. The lowest BCUT2D eigenvalue weighted by Gasteiger charge is -2.47. The first-order valence-corrected chi connectivity index (χ1v) is 9.78. The van der Waals surface area contributed by atoms with Crippen molar-refractivity contribution in [2.45, 2.75) is 38.8 Å². The number of carbonyl (C=O) groups excluding carboxylic acids is 1. The molecule has 3 heterocycles. The second kappa shape index (κ2) is 7.29. The van der Waals surface area contributed by atoms with Crippen LogP contribution in [0, 0.1) is 19.7 Å². The maximum atomic E-state index is 13.2. The van der Waals surface area contributed by atoms with Crippen molar-refractivity contribution < 1.29 is 13.9 Å². The number of piperidine rings is 1. The van der Waals surface area contributed by atoms with E-state index in [1.54, 1.807) is 17.0 Å². The third-order valence-electron chi connectivity index (χ3n) is 6.20. The molecule has 2 fully saturated rings. The van der Waals surface area contributed by atoms with Gasteiger partial charge in [-0.15, -0.1) is 0 Å². The van der Waals surface area contributed by atoms with E-state index in [1.165, 1.54) is 23.4 Å². The molecule has 1 aromatic heterocycles. The van der Waals surface area contributed by atoms with Gasteiger partial charge in [0.25, 0.3) is 5.91 Å². The fourth-order valence-corrected chi connectivity index (χ4v) is 4.26. The maximum absolute atomic E-state index is 13.2. The van der Waals surface area contributed by atoms with Crippen LogP contribution in [0.25, 0.3) is 0 Å². The van der Waals surface area contributed by atoms with Gasteiger partial charge < -0.3 is 9.64 Å². The number of hydrogen-bond donors (Lipinski definition) is 0. The number of hydrogen-bond acceptors (Lipinski definition) is 4. The molecule has 1 spiro atoms. The quantitative estimate of drug-likeness (QED) is 0.814. The number of carbonyl (C=O) groups is 1. The highest BCUT2D eigenvalue weighted by Gasteiger charge is 2.42. The minimum absolute atomic E-state index is 0.0683. The van der Waals surface area contributed by atoms with Crippen LogP contribution in [0.2, 0.25) is 0 Å². The minimum Gasteiger partial charge on any atom is -0.363 e. The number of anilines is 1. The Labute approximate surface area is 164 Å². The Morgan fingerprint density at radius 3 is 2.46 bits per heavy atom. The predicted molar refractivity (Wildman–Crippen MR) is 105 cm³/mol. The number of nitrogens with zero attached hydrogens (tertiary/aromatic N) is 4. The summed E-state index contributed by atoms with van der Waals surface area (Å²) in [5, 5.41) is 4.51. The molecular formula is C21H27FN4O2. The van der Waals surface area contributed by atoms with Crippen molar-refractivity contribution in [1.29, 1.82) is 0 Å². The summed E-state index contributed by atoms with van der Waals surface area (Å²) in [6, 6.07) is 6.11. The van der Waals surface area contributed by atoms with Crippen molar-refractivity contribution in [3.8, 4) is 0 Å². The molecule has 0 bridgehead atoms. The van der Waals surface area contributed by atoms with E-state index in [2.05, 4.69) is 23.8 Å². The maximum Gasteiger partial charge on any atom is 0.253 e. The molecule has 0 aliphatic carbocycles. The lowest BCUT2D eigenvalue weighted by atomic mass is 9.88. The van der Waals surface area contributed by atoms with Gasteiger partial charge in [-0.3, -0.25) is 14.4 Å². The lowest BCUT2D eigenvalue weighted by molar-refractivity contribution is -0.145. The van der Waals surface area contributed by atoms with Gasteiger partial charge in [-0.1, -0.05) is 0 Å². The Kier molecular flexibility index (Phi) is 4.97. The van der Waals surface area contributed by atoms with Crippen molar-refractivity contribution in [2.24, 2.45) is 7.05 Å². The second-order valence-corrected chi connectivity index (χ2v) is 7.98. The van der Waals surface area contributed by atoms with Crippen molar-refractivity contribution in [2.75, 3.05) is 31.1 Å². The Hall–Kier alpha value is -2.25. The molecule has 0 radical (unpaired) electrons. The molecule has 7 heteroatoms. The summed E-state index contributed by atoms with van der Waals surface area (Å²) in [6.07, 6.45) is 1.74. The van der Waals surface area contributed by atoms with Gasteiger partial charge in [-0.05, 0) is 51.0 Å². The van der Waals surface area contributed by atoms with Crippen LogP contribution in [-0.2, 0) is 23.1 Å². The molecule has 1 amide bonds. The van der Waals surface area contributed by atoms with E-state index in [0.29, 0.717) is 6.54 Å². The van der Waals surface area contributed by atoms with Gasteiger partial charge in [0.1, 0.15) is 12.4 Å². The standard InChI is InChI=1S/C21H27FN4O2/c1-15-19(16(2)24(3)23-15)12-25-10-8-21(9-11-25)14-26(20(27)13-28-21)18-6-4-17(22)5-7-18/h4-7H,8-14H2,1-3H3. The molecule has 4 rings (SSSR count). The fraction of sp³-hybridized carbons (Fsp3) is 0.524. The monoisotopic (exact) mass is 386 g/mol. The van der Waals surface area contributed by atoms with E-state index in [9.17, 15) is 9.18 Å². The summed E-state index contributed by atoms with van der Waals surface area (Å²) in [5.41, 5.74) is 4.00. The zero-order valence-corrected chi connectivity index (χ0v) is 16.7. The summed E-state index contributed by atoms with van der Waals surface area (Å²) in [6.45, 7) is 7.50. The summed E-state index contributed by atoms with van der Waals surface area (Å²) < 4.78 is 21.2. The van der Waals surface area contributed by atoms with Crippen LogP contribution in [-0.4, -0.2) is 52.4 Å². The van der Waals surface area contributed by atoms with Crippen LogP contribution in [0.4, 0.5) is 10.1 Å². The SMILES string of the molecule is Cc1nn(C)c(C)c1CN1CCC2(CC1)CN(c1ccc(F)cc1)C(=O)CO2. The summed E-state index contributed by atoms with van der Waals surface area (Å²) in [7, 11) is 1.98. The molecule has 0 saturated carbocycles. The molecule has 0 atom stereocenters. The van der Waals surface area contributed by atoms with Gasteiger partial charge in [-0.25, -0.2) is 4.39 Å². The molecular weight excluding hydrogens is 359 g/mol. The van der Waals surface area contributed by atoms with E-state index in [4.69, 9.17) is 4.74 Å². The normalized spacial score (nSPS) is 20.1. The molecule has 28 heavy (non-hydrogen) atoms. The van der Waals surface area contributed by atoms with Crippen LogP contribution in [0.1, 0.15) is 29.8 Å². The van der Waals surface area contributed by atoms with Crippen LogP contribution < -0.4 is 4.90 Å². The Morgan fingerprint density at radius 1 is 1.18 bits per heavy atom. The average molecular weight is 386 g/mol.